The Bertz CT molecular complexity index is 790. The Labute approximate surface area is 122 Å². The third kappa shape index (κ3) is 2.17. The van der Waals surface area contributed by atoms with Gasteiger partial charge < -0.3 is 10.3 Å². The molecule has 20 heavy (non-hydrogen) atoms. The van der Waals surface area contributed by atoms with Crippen molar-refractivity contribution in [2.45, 2.75) is 6.54 Å². The number of hydrogen-bond acceptors (Lipinski definition) is 2. The normalized spacial score (nSPS) is 10.8. The average molecular weight is 284 g/mol. The summed E-state index contributed by atoms with van der Waals surface area (Å²) in [7, 11) is 0. The predicted octanol–water partition coefficient (Wildman–Crippen LogP) is 4.12. The molecule has 0 bridgehead atoms. The van der Waals surface area contributed by atoms with Crippen LogP contribution in [0.5, 0.6) is 0 Å². The lowest BCUT2D eigenvalue weighted by molar-refractivity contribution is 0.862. The molecular formula is C16H14ClN3. The summed E-state index contributed by atoms with van der Waals surface area (Å²) in [5.74, 6) is 0.870. The van der Waals surface area contributed by atoms with E-state index >= 15 is 0 Å². The number of benzene rings is 2. The molecule has 0 aliphatic rings. The molecule has 0 radical (unpaired) electrons. The summed E-state index contributed by atoms with van der Waals surface area (Å²) >= 11 is 6.04. The molecule has 0 spiro atoms. The van der Waals surface area contributed by atoms with E-state index in [2.05, 4.69) is 16.1 Å². The van der Waals surface area contributed by atoms with Crippen molar-refractivity contribution in [3.05, 3.63) is 60.1 Å². The Kier molecular flexibility index (Phi) is 3.20. The van der Waals surface area contributed by atoms with Crippen molar-refractivity contribution in [2.75, 3.05) is 5.73 Å². The molecule has 1 heterocycles. The van der Waals surface area contributed by atoms with Crippen LogP contribution in [0.15, 0.2) is 55.1 Å². The van der Waals surface area contributed by atoms with E-state index in [0.29, 0.717) is 11.6 Å². The first-order chi connectivity index (χ1) is 9.69. The number of anilines is 1. The number of nitrogens with zero attached hydrogens (tertiary/aromatic N) is 2. The van der Waals surface area contributed by atoms with E-state index in [9.17, 15) is 0 Å². The molecule has 0 saturated carbocycles. The highest BCUT2D eigenvalue weighted by atomic mass is 35.5. The van der Waals surface area contributed by atoms with Crippen LogP contribution in [0.25, 0.3) is 22.4 Å². The molecule has 3 aromatic rings. The van der Waals surface area contributed by atoms with E-state index in [0.717, 1.165) is 28.1 Å². The van der Waals surface area contributed by atoms with Gasteiger partial charge in [-0.2, -0.15) is 0 Å². The average Bonchev–Trinajstić information content (AvgIpc) is 2.77. The summed E-state index contributed by atoms with van der Waals surface area (Å²) in [6.07, 6.45) is 1.85. The smallest absolute Gasteiger partial charge is 0.141 e. The Hall–Kier alpha value is -2.26. The number of imidazole rings is 1. The van der Waals surface area contributed by atoms with E-state index in [1.165, 1.54) is 0 Å². The summed E-state index contributed by atoms with van der Waals surface area (Å²) < 4.78 is 2.10. The number of fused-ring (bicyclic) bond motifs is 1. The SMILES string of the molecule is C=CCn1c(-c2cccc(N)c2)nc2cc(Cl)ccc21. The zero-order valence-electron chi connectivity index (χ0n) is 10.9. The maximum absolute atomic E-state index is 6.04. The zero-order valence-corrected chi connectivity index (χ0v) is 11.6. The largest absolute Gasteiger partial charge is 0.399 e. The number of halogens is 1. The minimum atomic E-state index is 0.680. The standard InChI is InChI=1S/C16H14ClN3/c1-2-8-20-15-7-6-12(17)10-14(15)19-16(20)11-4-3-5-13(18)9-11/h2-7,9-10H,1,8,18H2. The highest BCUT2D eigenvalue weighted by Gasteiger charge is 2.12. The number of nitrogen functional groups attached to an aromatic ring is 1. The van der Waals surface area contributed by atoms with E-state index in [-0.39, 0.29) is 0 Å². The lowest BCUT2D eigenvalue weighted by Gasteiger charge is -2.07. The molecule has 0 aliphatic carbocycles. The Balaban J connectivity index is 2.28. The van der Waals surface area contributed by atoms with Crippen molar-refractivity contribution in [1.82, 2.24) is 9.55 Å². The van der Waals surface area contributed by atoms with E-state index in [1.54, 1.807) is 0 Å². The van der Waals surface area contributed by atoms with E-state index in [1.807, 2.05) is 48.5 Å². The van der Waals surface area contributed by atoms with Crippen LogP contribution in [-0.2, 0) is 6.54 Å². The fraction of sp³-hybridized carbons (Fsp3) is 0.0625. The van der Waals surface area contributed by atoms with Gasteiger partial charge in [0.1, 0.15) is 5.82 Å². The van der Waals surface area contributed by atoms with Gasteiger partial charge in [-0.3, -0.25) is 0 Å². The Morgan fingerprint density at radius 2 is 2.10 bits per heavy atom. The third-order valence-electron chi connectivity index (χ3n) is 3.17. The second kappa shape index (κ2) is 5.02. The van der Waals surface area contributed by atoms with Gasteiger partial charge in [0.25, 0.3) is 0 Å². The molecule has 0 amide bonds. The maximum Gasteiger partial charge on any atom is 0.141 e. The summed E-state index contributed by atoms with van der Waals surface area (Å²) in [5, 5.41) is 0.680. The first-order valence-corrected chi connectivity index (χ1v) is 6.69. The molecule has 0 unspecified atom stereocenters. The molecular weight excluding hydrogens is 270 g/mol. The number of rotatable bonds is 3. The zero-order chi connectivity index (χ0) is 14.1. The maximum atomic E-state index is 6.04. The molecule has 1 aromatic heterocycles. The molecule has 3 nitrogen and oxygen atoms in total. The summed E-state index contributed by atoms with van der Waals surface area (Å²) in [4.78, 5) is 4.68. The van der Waals surface area contributed by atoms with Gasteiger partial charge in [0, 0.05) is 22.8 Å². The first-order valence-electron chi connectivity index (χ1n) is 6.31. The van der Waals surface area contributed by atoms with E-state index < -0.39 is 0 Å². The highest BCUT2D eigenvalue weighted by molar-refractivity contribution is 6.31. The molecule has 100 valence electrons. The van der Waals surface area contributed by atoms with Gasteiger partial charge in [-0.05, 0) is 30.3 Å². The van der Waals surface area contributed by atoms with Gasteiger partial charge in [0.2, 0.25) is 0 Å². The molecule has 4 heteroatoms. The predicted molar refractivity (Wildman–Crippen MR) is 84.8 cm³/mol. The van der Waals surface area contributed by atoms with Gasteiger partial charge in [-0.15, -0.1) is 6.58 Å². The molecule has 0 atom stereocenters. The lowest BCUT2D eigenvalue weighted by atomic mass is 10.2. The third-order valence-corrected chi connectivity index (χ3v) is 3.40. The highest BCUT2D eigenvalue weighted by Crippen LogP contribution is 2.27. The Morgan fingerprint density at radius 1 is 1.25 bits per heavy atom. The quantitative estimate of drug-likeness (QED) is 0.580. The van der Waals surface area contributed by atoms with Crippen molar-refractivity contribution in [2.24, 2.45) is 0 Å². The van der Waals surface area contributed by atoms with Crippen molar-refractivity contribution in [3.8, 4) is 11.4 Å². The molecule has 0 aliphatic heterocycles. The number of hydrogen-bond donors (Lipinski definition) is 1. The minimum Gasteiger partial charge on any atom is -0.399 e. The molecule has 0 fully saturated rings. The molecule has 2 aromatic carbocycles. The van der Waals surface area contributed by atoms with Crippen molar-refractivity contribution < 1.29 is 0 Å². The van der Waals surface area contributed by atoms with Crippen LogP contribution in [-0.4, -0.2) is 9.55 Å². The van der Waals surface area contributed by atoms with Crippen LogP contribution in [0, 0.1) is 0 Å². The van der Waals surface area contributed by atoms with Gasteiger partial charge in [-0.1, -0.05) is 29.8 Å². The van der Waals surface area contributed by atoms with E-state index in [4.69, 9.17) is 17.3 Å². The fourth-order valence-electron chi connectivity index (χ4n) is 2.31. The topological polar surface area (TPSA) is 43.8 Å². The van der Waals surface area contributed by atoms with Crippen LogP contribution in [0.3, 0.4) is 0 Å². The van der Waals surface area contributed by atoms with Crippen LogP contribution in [0.4, 0.5) is 5.69 Å². The van der Waals surface area contributed by atoms with Gasteiger partial charge in [0.05, 0.1) is 11.0 Å². The Morgan fingerprint density at radius 3 is 2.85 bits per heavy atom. The van der Waals surface area contributed by atoms with Crippen LogP contribution >= 0.6 is 11.6 Å². The van der Waals surface area contributed by atoms with Gasteiger partial charge >= 0.3 is 0 Å². The first kappa shape index (κ1) is 12.8. The molecule has 3 rings (SSSR count). The summed E-state index contributed by atoms with van der Waals surface area (Å²) in [5.41, 5.74) is 9.47. The number of aromatic nitrogens is 2. The summed E-state index contributed by atoms with van der Waals surface area (Å²) in [6.45, 7) is 4.50. The van der Waals surface area contributed by atoms with Crippen molar-refractivity contribution in [1.29, 1.82) is 0 Å². The minimum absolute atomic E-state index is 0.680. The molecule has 2 N–H and O–H groups in total. The van der Waals surface area contributed by atoms with Gasteiger partial charge in [-0.25, -0.2) is 4.98 Å². The van der Waals surface area contributed by atoms with Crippen LogP contribution in [0.1, 0.15) is 0 Å². The van der Waals surface area contributed by atoms with Crippen molar-refractivity contribution >= 4 is 28.3 Å². The lowest BCUT2D eigenvalue weighted by Crippen LogP contribution is -1.98. The fourth-order valence-corrected chi connectivity index (χ4v) is 2.48. The van der Waals surface area contributed by atoms with Crippen LogP contribution < -0.4 is 5.73 Å². The number of nitrogens with two attached hydrogens (primary N) is 1. The molecule has 0 saturated heterocycles. The van der Waals surface area contributed by atoms with Crippen molar-refractivity contribution in [3.63, 3.8) is 0 Å². The number of allylic oxidation sites excluding steroid dienone is 1. The monoisotopic (exact) mass is 283 g/mol. The summed E-state index contributed by atoms with van der Waals surface area (Å²) in [6, 6.07) is 13.4. The van der Waals surface area contributed by atoms with Gasteiger partial charge in [0.15, 0.2) is 0 Å². The second-order valence-corrected chi connectivity index (χ2v) is 5.03. The second-order valence-electron chi connectivity index (χ2n) is 4.59. The van der Waals surface area contributed by atoms with Crippen LogP contribution in [0.2, 0.25) is 5.02 Å².